The Bertz CT molecular complexity index is 704. The van der Waals surface area contributed by atoms with Crippen molar-refractivity contribution in [3.63, 3.8) is 0 Å². The first-order valence-electron chi connectivity index (χ1n) is 7.43. The quantitative estimate of drug-likeness (QED) is 0.409. The van der Waals surface area contributed by atoms with Gasteiger partial charge in [-0.15, -0.1) is 11.8 Å². The number of amides is 1. The maximum atomic E-state index is 11.8. The van der Waals surface area contributed by atoms with Gasteiger partial charge in [0.2, 0.25) is 0 Å². The zero-order valence-corrected chi connectivity index (χ0v) is 15.7. The van der Waals surface area contributed by atoms with Crippen LogP contribution in [0.4, 0.5) is 0 Å². The van der Waals surface area contributed by atoms with Crippen LogP contribution in [0.5, 0.6) is 5.75 Å². The fourth-order valence-electron chi connectivity index (χ4n) is 1.89. The molecule has 0 aliphatic rings. The van der Waals surface area contributed by atoms with E-state index in [4.69, 9.17) is 4.74 Å². The molecule has 1 N–H and O–H groups in total. The number of rotatable bonds is 8. The minimum atomic E-state index is -0.181. The first-order valence-corrected chi connectivity index (χ1v) is 9.21. The lowest BCUT2D eigenvalue weighted by molar-refractivity contribution is -0.122. The second kappa shape index (κ2) is 9.49. The van der Waals surface area contributed by atoms with Crippen LogP contribution in [-0.4, -0.2) is 30.6 Å². The lowest BCUT2D eigenvalue weighted by Crippen LogP contribution is -2.30. The van der Waals surface area contributed by atoms with Gasteiger partial charge in [0.05, 0.1) is 0 Å². The molecule has 0 aromatic heterocycles. The molecule has 2 rings (SSSR count). The summed E-state index contributed by atoms with van der Waals surface area (Å²) in [4.78, 5) is 24.2. The maximum Gasteiger partial charge on any atom is 0.257 e. The van der Waals surface area contributed by atoms with Crippen molar-refractivity contribution in [2.45, 2.75) is 11.8 Å². The van der Waals surface area contributed by atoms with Gasteiger partial charge in [-0.3, -0.25) is 9.59 Å². The van der Waals surface area contributed by atoms with E-state index in [1.165, 1.54) is 6.92 Å². The van der Waals surface area contributed by atoms with E-state index in [9.17, 15) is 9.59 Å². The Kier molecular flexibility index (Phi) is 7.34. The average molecular weight is 408 g/mol. The summed E-state index contributed by atoms with van der Waals surface area (Å²) >= 11 is 5.07. The van der Waals surface area contributed by atoms with Gasteiger partial charge in [0.15, 0.2) is 12.4 Å². The molecule has 0 heterocycles. The summed E-state index contributed by atoms with van der Waals surface area (Å²) in [5, 5.41) is 2.81. The van der Waals surface area contributed by atoms with Crippen LogP contribution in [0, 0.1) is 0 Å². The molecular formula is C18H18BrNO3S. The van der Waals surface area contributed by atoms with Crippen molar-refractivity contribution in [1.82, 2.24) is 5.32 Å². The third-order valence-corrected chi connectivity index (χ3v) is 4.66. The van der Waals surface area contributed by atoms with E-state index < -0.39 is 0 Å². The highest BCUT2D eigenvalue weighted by molar-refractivity contribution is 9.10. The van der Waals surface area contributed by atoms with E-state index in [1.54, 1.807) is 36.0 Å². The number of carbonyl (C=O) groups excluding carboxylic acids is 2. The summed E-state index contributed by atoms with van der Waals surface area (Å²) < 4.78 is 6.46. The monoisotopic (exact) mass is 407 g/mol. The molecule has 0 fully saturated rings. The Labute approximate surface area is 154 Å². The summed E-state index contributed by atoms with van der Waals surface area (Å²) in [5.74, 6) is 1.09. The van der Waals surface area contributed by atoms with Crippen LogP contribution in [-0.2, 0) is 4.79 Å². The third-order valence-electron chi connectivity index (χ3n) is 3.12. The third kappa shape index (κ3) is 6.37. The topological polar surface area (TPSA) is 55.4 Å². The number of ketones is 1. The van der Waals surface area contributed by atoms with E-state index in [0.29, 0.717) is 17.9 Å². The van der Waals surface area contributed by atoms with Gasteiger partial charge in [-0.2, -0.15) is 0 Å². The molecule has 1 amide bonds. The van der Waals surface area contributed by atoms with Crippen LogP contribution < -0.4 is 10.1 Å². The maximum absolute atomic E-state index is 11.8. The number of carbonyl (C=O) groups is 2. The molecule has 0 unspecified atom stereocenters. The highest BCUT2D eigenvalue weighted by Crippen LogP contribution is 2.20. The number of ether oxygens (including phenoxy) is 1. The van der Waals surface area contributed by atoms with Crippen LogP contribution in [0.2, 0.25) is 0 Å². The molecular weight excluding hydrogens is 390 g/mol. The molecule has 24 heavy (non-hydrogen) atoms. The first-order chi connectivity index (χ1) is 11.5. The van der Waals surface area contributed by atoms with Crippen molar-refractivity contribution in [2.24, 2.45) is 0 Å². The number of nitrogens with one attached hydrogen (secondary N) is 1. The fourth-order valence-corrected chi connectivity index (χ4v) is 2.93. The Morgan fingerprint density at radius 2 is 1.92 bits per heavy atom. The van der Waals surface area contributed by atoms with E-state index in [0.717, 1.165) is 15.1 Å². The number of Topliss-reactive ketones (excluding diaryl/α,β-unsaturated/α-hetero) is 1. The van der Waals surface area contributed by atoms with Gasteiger partial charge in [-0.25, -0.2) is 0 Å². The summed E-state index contributed by atoms with van der Waals surface area (Å²) in [6, 6.07) is 14.9. The van der Waals surface area contributed by atoms with Crippen molar-refractivity contribution in [2.75, 3.05) is 18.9 Å². The summed E-state index contributed by atoms with van der Waals surface area (Å²) in [6.45, 7) is 2.00. The second-order valence-electron chi connectivity index (χ2n) is 5.03. The molecule has 0 bridgehead atoms. The van der Waals surface area contributed by atoms with Crippen molar-refractivity contribution >= 4 is 39.4 Å². The molecule has 0 saturated heterocycles. The SMILES string of the molecule is CC(=O)c1cccc(OCC(=O)NCCSc2ccc(Br)cc2)c1. The van der Waals surface area contributed by atoms with E-state index in [2.05, 4.69) is 21.2 Å². The smallest absolute Gasteiger partial charge is 0.257 e. The molecule has 0 spiro atoms. The zero-order valence-electron chi connectivity index (χ0n) is 13.3. The van der Waals surface area contributed by atoms with Crippen molar-refractivity contribution < 1.29 is 14.3 Å². The minimum Gasteiger partial charge on any atom is -0.484 e. The Balaban J connectivity index is 1.67. The Hall–Kier alpha value is -1.79. The van der Waals surface area contributed by atoms with Gasteiger partial charge in [-0.1, -0.05) is 28.1 Å². The van der Waals surface area contributed by atoms with Crippen molar-refractivity contribution in [3.05, 3.63) is 58.6 Å². The van der Waals surface area contributed by atoms with Crippen LogP contribution in [0.3, 0.4) is 0 Å². The summed E-state index contributed by atoms with van der Waals surface area (Å²) in [7, 11) is 0. The highest BCUT2D eigenvalue weighted by atomic mass is 79.9. The highest BCUT2D eigenvalue weighted by Gasteiger charge is 2.05. The fraction of sp³-hybridized carbons (Fsp3) is 0.222. The number of halogens is 1. The normalized spacial score (nSPS) is 10.2. The van der Waals surface area contributed by atoms with Crippen LogP contribution in [0.1, 0.15) is 17.3 Å². The number of hydrogen-bond donors (Lipinski definition) is 1. The van der Waals surface area contributed by atoms with E-state index >= 15 is 0 Å². The van der Waals surface area contributed by atoms with Crippen LogP contribution in [0.25, 0.3) is 0 Å². The average Bonchev–Trinajstić information content (AvgIpc) is 2.58. The van der Waals surface area contributed by atoms with Gasteiger partial charge >= 0.3 is 0 Å². The molecule has 0 aliphatic heterocycles. The lowest BCUT2D eigenvalue weighted by atomic mass is 10.1. The van der Waals surface area contributed by atoms with E-state index in [-0.39, 0.29) is 18.3 Å². The molecule has 2 aromatic carbocycles. The molecule has 126 valence electrons. The van der Waals surface area contributed by atoms with Crippen molar-refractivity contribution in [1.29, 1.82) is 0 Å². The predicted octanol–water partition coefficient (Wildman–Crippen LogP) is 3.94. The number of thioether (sulfide) groups is 1. The number of benzene rings is 2. The Morgan fingerprint density at radius 3 is 2.62 bits per heavy atom. The molecule has 0 saturated carbocycles. The Morgan fingerprint density at radius 1 is 1.17 bits per heavy atom. The predicted molar refractivity (Wildman–Crippen MR) is 99.8 cm³/mol. The largest absolute Gasteiger partial charge is 0.484 e. The van der Waals surface area contributed by atoms with Crippen LogP contribution in [0.15, 0.2) is 57.9 Å². The zero-order chi connectivity index (χ0) is 17.4. The molecule has 4 nitrogen and oxygen atoms in total. The lowest BCUT2D eigenvalue weighted by Gasteiger charge is -2.08. The number of hydrogen-bond acceptors (Lipinski definition) is 4. The summed E-state index contributed by atoms with van der Waals surface area (Å²) in [5.41, 5.74) is 0.568. The van der Waals surface area contributed by atoms with Gasteiger partial charge < -0.3 is 10.1 Å². The van der Waals surface area contributed by atoms with Crippen molar-refractivity contribution in [3.8, 4) is 5.75 Å². The molecule has 0 atom stereocenters. The van der Waals surface area contributed by atoms with E-state index in [1.807, 2.05) is 24.3 Å². The first kappa shape index (κ1) is 18.5. The molecule has 0 radical (unpaired) electrons. The second-order valence-corrected chi connectivity index (χ2v) is 7.11. The van der Waals surface area contributed by atoms with Gasteiger partial charge in [0.25, 0.3) is 5.91 Å². The van der Waals surface area contributed by atoms with Gasteiger partial charge in [-0.05, 0) is 43.3 Å². The minimum absolute atomic E-state index is 0.0325. The molecule has 6 heteroatoms. The van der Waals surface area contributed by atoms with Gasteiger partial charge in [0, 0.05) is 27.2 Å². The summed E-state index contributed by atoms with van der Waals surface area (Å²) in [6.07, 6.45) is 0. The van der Waals surface area contributed by atoms with Gasteiger partial charge in [0.1, 0.15) is 5.75 Å². The standard InChI is InChI=1S/C18H18BrNO3S/c1-13(21)14-3-2-4-16(11-14)23-12-18(22)20-9-10-24-17-7-5-15(19)6-8-17/h2-8,11H,9-10,12H2,1H3,(H,20,22). The molecule has 2 aromatic rings. The van der Waals surface area contributed by atoms with Crippen LogP contribution >= 0.6 is 27.7 Å². The molecule has 0 aliphatic carbocycles.